The van der Waals surface area contributed by atoms with Crippen molar-refractivity contribution in [3.05, 3.63) is 84.9 Å². The molecule has 0 spiro atoms. The van der Waals surface area contributed by atoms with Gasteiger partial charge in [-0.15, -0.1) is 0 Å². The third kappa shape index (κ3) is 6.37. The molecule has 19 heteroatoms. The molecule has 14 nitrogen and oxygen atoms in total. The Morgan fingerprint density at radius 3 is 1.02 bits per heavy atom. The van der Waals surface area contributed by atoms with Crippen molar-refractivity contribution in [3.8, 4) is 45.6 Å². The predicted molar refractivity (Wildman–Crippen MR) is 170 cm³/mol. The molecular weight excluding hydrogens is 766 g/mol. The second-order valence-corrected chi connectivity index (χ2v) is 13.7. The summed E-state index contributed by atoms with van der Waals surface area (Å²) in [4.78, 5) is 36.6. The summed E-state index contributed by atoms with van der Waals surface area (Å²) in [5.74, 6) is 0.460. The molecule has 7 aromatic rings. The molecule has 0 saturated carbocycles. The van der Waals surface area contributed by atoms with Crippen molar-refractivity contribution in [2.24, 2.45) is 0 Å². The van der Waals surface area contributed by atoms with E-state index in [0.717, 1.165) is 0 Å². The second kappa shape index (κ2) is 13.5. The topological polar surface area (TPSA) is 220 Å². The fraction of sp³-hybridized carbons (Fsp3) is 0. The maximum atomic E-state index is 12.0. The van der Waals surface area contributed by atoms with Gasteiger partial charge >= 0.3 is 59.1 Å². The molecule has 0 N–H and O–H groups in total. The van der Waals surface area contributed by atoms with Crippen LogP contribution in [-0.2, 0) is 37.3 Å². The summed E-state index contributed by atoms with van der Waals surface area (Å²) in [6, 6.07) is 22.0. The number of aromatic nitrogens is 8. The van der Waals surface area contributed by atoms with Gasteiger partial charge in [0.25, 0.3) is 0 Å². The van der Waals surface area contributed by atoms with Crippen LogP contribution in [0.4, 0.5) is 0 Å². The Morgan fingerprint density at radius 1 is 0.431 bits per heavy atom. The molecule has 5 heterocycles. The van der Waals surface area contributed by atoms with Crippen molar-refractivity contribution in [2.45, 2.75) is 9.79 Å². The van der Waals surface area contributed by atoms with Crippen LogP contribution in [0.25, 0.3) is 89.7 Å². The first kappa shape index (κ1) is 37.3. The van der Waals surface area contributed by atoms with Crippen LogP contribution < -0.4 is 69.1 Å². The van der Waals surface area contributed by atoms with E-state index in [9.17, 15) is 25.9 Å². The van der Waals surface area contributed by atoms with Crippen molar-refractivity contribution in [1.29, 1.82) is 0 Å². The van der Waals surface area contributed by atoms with Gasteiger partial charge in [0.2, 0.25) is 0 Å². The first-order chi connectivity index (χ1) is 23.0. The molecule has 51 heavy (non-hydrogen) atoms. The molecule has 8 bridgehead atoms. The third-order valence-corrected chi connectivity index (χ3v) is 9.70. The zero-order valence-electron chi connectivity index (χ0n) is 26.2. The van der Waals surface area contributed by atoms with Gasteiger partial charge in [-0.1, -0.05) is 60.7 Å². The van der Waals surface area contributed by atoms with Gasteiger partial charge in [0.1, 0.15) is 20.2 Å². The van der Waals surface area contributed by atoms with Crippen LogP contribution in [0, 0.1) is 0 Å². The number of fused-ring (bicyclic) bond motifs is 20. The molecule has 0 amide bonds. The summed E-state index contributed by atoms with van der Waals surface area (Å²) in [5.41, 5.74) is 2.22. The standard InChI is InChI=1S/C32H16N8O6S2.Cu.2Na/c41-47(42,43)15-9-11-21-23(13-15)32-38-28-20-8-4-2-6-18(20)26(34-28)36-30-22-12-10-16(48(44,45)46)14-24(22)31(40-30)37-27-19-7-3-1-5-17(19)25(33-27)35-29(21)39-32;;;/h1-14H,(H2-2,33,34,35,36,37,38,39,40,41,42,43,44,45,46);;;/q-2;;2*+1/p-2. The van der Waals surface area contributed by atoms with E-state index in [2.05, 4.69) is 19.9 Å². The third-order valence-electron chi connectivity index (χ3n) is 8.04. The van der Waals surface area contributed by atoms with Crippen LogP contribution in [-0.4, -0.2) is 55.8 Å². The van der Waals surface area contributed by atoms with E-state index in [0.29, 0.717) is 32.7 Å². The molecule has 0 aliphatic carbocycles. The van der Waals surface area contributed by atoms with Crippen molar-refractivity contribution >= 4 is 64.4 Å². The van der Waals surface area contributed by atoms with E-state index in [1.165, 1.54) is 36.4 Å². The van der Waals surface area contributed by atoms with Crippen molar-refractivity contribution < 1.29 is 102 Å². The summed E-state index contributed by atoms with van der Waals surface area (Å²) in [6.45, 7) is 0. The van der Waals surface area contributed by atoms with E-state index in [4.69, 9.17) is 19.9 Å². The van der Waals surface area contributed by atoms with Gasteiger partial charge in [-0.05, 0) is 45.8 Å². The molecule has 9 rings (SSSR count). The quantitative estimate of drug-likeness (QED) is 0.136. The van der Waals surface area contributed by atoms with Gasteiger partial charge in [0, 0.05) is 61.9 Å². The van der Waals surface area contributed by atoms with Crippen molar-refractivity contribution in [2.75, 3.05) is 0 Å². The van der Waals surface area contributed by atoms with Crippen LogP contribution in [0.5, 0.6) is 0 Å². The van der Waals surface area contributed by atoms with Crippen molar-refractivity contribution in [1.82, 2.24) is 39.9 Å². The number of hydrogen-bond acceptors (Lipinski definition) is 12. The molecule has 3 aromatic heterocycles. The molecule has 0 saturated heterocycles. The Balaban J connectivity index is 0.00000149. The predicted octanol–water partition coefficient (Wildman–Crippen LogP) is -2.06. The Labute approximate surface area is 343 Å². The Hall–Kier alpha value is -3.42. The zero-order valence-corrected chi connectivity index (χ0v) is 32.8. The summed E-state index contributed by atoms with van der Waals surface area (Å²) in [5, 5.41) is 2.39. The van der Waals surface area contributed by atoms with Crippen LogP contribution >= 0.6 is 0 Å². The maximum Gasteiger partial charge on any atom is 1.00 e. The largest absolute Gasteiger partial charge is 1.00 e. The monoisotopic (exact) mass is 779 g/mol. The van der Waals surface area contributed by atoms with Gasteiger partial charge in [-0.25, -0.2) is 26.8 Å². The fourth-order valence-electron chi connectivity index (χ4n) is 5.83. The van der Waals surface area contributed by atoms with Crippen LogP contribution in [0.1, 0.15) is 0 Å². The van der Waals surface area contributed by atoms with Crippen LogP contribution in [0.3, 0.4) is 0 Å². The smallest absolute Gasteiger partial charge is 0.744 e. The minimum Gasteiger partial charge on any atom is -0.744 e. The maximum absolute atomic E-state index is 12.0. The average molecular weight is 780 g/mol. The van der Waals surface area contributed by atoms with Gasteiger partial charge < -0.3 is 39.0 Å². The molecule has 2 aliphatic rings. The number of hydrogen-bond donors (Lipinski definition) is 0. The SMILES string of the molecule is O=S(=O)([O-])c1ccc2c(c1)-c1nc-2nc2[n-]c(nc3nc(nc4[n-]c(n1)c1ccccc41)-c1ccc(S(=O)(=O)[O-])cc1-3)c1ccccc21.[Cu].[Na+].[Na+]. The summed E-state index contributed by atoms with van der Waals surface area (Å²) in [6.07, 6.45) is 0. The molecule has 245 valence electrons. The van der Waals surface area contributed by atoms with Gasteiger partial charge in [0.05, 0.1) is 33.1 Å². The summed E-state index contributed by atoms with van der Waals surface area (Å²) < 4.78 is 71.8. The van der Waals surface area contributed by atoms with Crippen LogP contribution in [0.2, 0.25) is 0 Å². The van der Waals surface area contributed by atoms with Gasteiger partial charge in [0.15, 0.2) is 0 Å². The van der Waals surface area contributed by atoms with E-state index in [-0.39, 0.29) is 133 Å². The Bertz CT molecular complexity index is 2790. The first-order valence-electron chi connectivity index (χ1n) is 14.1. The molecule has 1 radical (unpaired) electrons. The summed E-state index contributed by atoms with van der Waals surface area (Å²) in [7, 11) is -9.61. The molecule has 0 fully saturated rings. The normalized spacial score (nSPS) is 12.0. The minimum absolute atomic E-state index is 0. The fourth-order valence-corrected chi connectivity index (χ4v) is 6.82. The van der Waals surface area contributed by atoms with E-state index in [1.807, 2.05) is 0 Å². The minimum atomic E-state index is -4.81. The molecule has 0 atom stereocenters. The average Bonchev–Trinajstić information content (AvgIpc) is 3.79. The van der Waals surface area contributed by atoms with E-state index >= 15 is 0 Å². The Kier molecular flexibility index (Phi) is 9.90. The second-order valence-electron chi connectivity index (χ2n) is 10.9. The molecule has 4 aromatic carbocycles. The van der Waals surface area contributed by atoms with E-state index in [1.54, 1.807) is 48.5 Å². The Morgan fingerprint density at radius 2 is 0.725 bits per heavy atom. The molecule has 2 aliphatic heterocycles. The van der Waals surface area contributed by atoms with Gasteiger partial charge in [-0.3, -0.25) is 0 Å². The van der Waals surface area contributed by atoms with E-state index < -0.39 is 30.0 Å². The van der Waals surface area contributed by atoms with Gasteiger partial charge in [-0.2, -0.15) is 0 Å². The van der Waals surface area contributed by atoms with Crippen LogP contribution in [0.15, 0.2) is 94.7 Å². The molecule has 0 unspecified atom stereocenters. The number of benzene rings is 4. The molecular formula is C32H14CuN8Na2O6S2-2. The van der Waals surface area contributed by atoms with Crippen molar-refractivity contribution in [3.63, 3.8) is 0 Å². The number of nitrogens with zero attached hydrogens (tertiary/aromatic N) is 8. The summed E-state index contributed by atoms with van der Waals surface area (Å²) >= 11 is 0. The number of rotatable bonds is 2. The zero-order chi connectivity index (χ0) is 32.9. The first-order valence-corrected chi connectivity index (χ1v) is 16.9.